The van der Waals surface area contributed by atoms with Gasteiger partial charge in [-0.2, -0.15) is 0 Å². The average molecular weight is 714 g/mol. The maximum Gasteiger partial charge on any atom is 0.299 e. The lowest BCUT2D eigenvalue weighted by Gasteiger charge is -2.28. The second-order valence-corrected chi connectivity index (χ2v) is 17.0. The normalized spacial score (nSPS) is 15.2. The SMILES string of the molecule is CC.CC(C)(C)c1cc(-c2cnc(Nc3ccc4c(c3)CS(=O)(=O)N4)o2)cc(C(C)(C)C)c1O.O=S1(=O)Cc2cc(NC=S)ccc2N1. The Hall–Kier alpha value is -4.14. The summed E-state index contributed by atoms with van der Waals surface area (Å²) in [6.07, 6.45) is 1.65. The average Bonchev–Trinajstić information content (AvgIpc) is 3.65. The first-order valence-corrected chi connectivity index (χ1v) is 19.2. The van der Waals surface area contributed by atoms with Gasteiger partial charge in [0.25, 0.3) is 6.01 Å². The Balaban J connectivity index is 0.000000270. The van der Waals surface area contributed by atoms with Crippen molar-refractivity contribution in [3.63, 3.8) is 0 Å². The molecule has 3 aromatic carbocycles. The molecule has 2 aliphatic heterocycles. The topological polar surface area (TPSA) is 163 Å². The number of rotatable bonds is 5. The lowest BCUT2D eigenvalue weighted by Crippen LogP contribution is -2.17. The highest BCUT2D eigenvalue weighted by molar-refractivity contribution is 7.92. The molecule has 1 aromatic heterocycles. The second-order valence-electron chi connectivity index (χ2n) is 13.3. The van der Waals surface area contributed by atoms with Crippen LogP contribution in [0.4, 0.5) is 28.8 Å². The molecule has 48 heavy (non-hydrogen) atoms. The van der Waals surface area contributed by atoms with Gasteiger partial charge in [-0.1, -0.05) is 67.6 Å². The molecule has 0 bridgehead atoms. The molecule has 0 spiro atoms. The van der Waals surface area contributed by atoms with Gasteiger partial charge < -0.3 is 20.2 Å². The van der Waals surface area contributed by atoms with Crippen molar-refractivity contribution in [1.29, 1.82) is 0 Å². The van der Waals surface area contributed by atoms with Crippen LogP contribution in [-0.4, -0.2) is 32.4 Å². The van der Waals surface area contributed by atoms with E-state index in [1.807, 2.05) is 26.0 Å². The van der Waals surface area contributed by atoms with Crippen LogP contribution >= 0.6 is 12.2 Å². The Kier molecular flexibility index (Phi) is 10.5. The first-order valence-electron chi connectivity index (χ1n) is 15.4. The van der Waals surface area contributed by atoms with Gasteiger partial charge in [0.15, 0.2) is 5.76 Å². The fourth-order valence-corrected chi connectivity index (χ4v) is 7.83. The van der Waals surface area contributed by atoms with Crippen LogP contribution < -0.4 is 20.1 Å². The number of hydrogen-bond acceptors (Lipinski definition) is 9. The molecule has 4 aromatic rings. The molecule has 14 heteroatoms. The molecule has 5 N–H and O–H groups in total. The third kappa shape index (κ3) is 8.65. The number of thiocarbonyl (C=S) groups is 1. The number of sulfonamides is 2. The van der Waals surface area contributed by atoms with E-state index in [1.54, 1.807) is 42.6 Å². The number of hydrogen-bond donors (Lipinski definition) is 5. The summed E-state index contributed by atoms with van der Waals surface area (Å²) < 4.78 is 56.8. The maximum absolute atomic E-state index is 11.8. The Morgan fingerprint density at radius 2 is 1.29 bits per heavy atom. The molecular weight excluding hydrogens is 671 g/mol. The molecule has 0 fully saturated rings. The molecule has 258 valence electrons. The Morgan fingerprint density at radius 3 is 1.77 bits per heavy atom. The quantitative estimate of drug-likeness (QED) is 0.128. The summed E-state index contributed by atoms with van der Waals surface area (Å²) in [6.45, 7) is 16.4. The molecule has 0 radical (unpaired) electrons. The van der Waals surface area contributed by atoms with E-state index >= 15 is 0 Å². The smallest absolute Gasteiger partial charge is 0.299 e. The van der Waals surface area contributed by atoms with Gasteiger partial charge in [-0.3, -0.25) is 9.44 Å². The number of fused-ring (bicyclic) bond motifs is 2. The molecule has 6 rings (SSSR count). The monoisotopic (exact) mass is 713 g/mol. The van der Waals surface area contributed by atoms with Gasteiger partial charge in [-0.25, -0.2) is 21.8 Å². The largest absolute Gasteiger partial charge is 0.507 e. The number of phenols is 1. The highest BCUT2D eigenvalue weighted by atomic mass is 32.2. The molecule has 11 nitrogen and oxygen atoms in total. The van der Waals surface area contributed by atoms with Crippen molar-refractivity contribution in [3.05, 3.63) is 77.0 Å². The fourth-order valence-electron chi connectivity index (χ4n) is 5.19. The standard InChI is InChI=1S/C24H29N3O4S.C8H8N2O2S2.C2H6/c1-23(2,3)17-10-14(11-18(21(17)28)24(4,5)6)20-12-25-22(31-20)26-16-7-8-19-15(9-16)13-32(29,30)27-19;11-14(12)4-6-3-7(9-5-13)1-2-8(6)10-14;1-2/h7-12,27-28H,13H2,1-6H3,(H,25,26);1-3,5,10H,4H2,(H,9,13);1-2H3. The zero-order valence-corrected chi connectivity index (χ0v) is 30.8. The highest BCUT2D eigenvalue weighted by Gasteiger charge is 2.28. The number of benzene rings is 3. The summed E-state index contributed by atoms with van der Waals surface area (Å²) in [5, 5.41) is 16.9. The van der Waals surface area contributed by atoms with Crippen LogP contribution in [0.25, 0.3) is 11.3 Å². The zero-order valence-electron chi connectivity index (χ0n) is 28.3. The van der Waals surface area contributed by atoms with Gasteiger partial charge in [-0.15, -0.1) is 0 Å². The van der Waals surface area contributed by atoms with Gasteiger partial charge in [0.1, 0.15) is 5.75 Å². The molecule has 0 unspecified atom stereocenters. The van der Waals surface area contributed by atoms with E-state index < -0.39 is 20.0 Å². The third-order valence-electron chi connectivity index (χ3n) is 7.43. The van der Waals surface area contributed by atoms with E-state index in [4.69, 9.17) is 4.42 Å². The third-order valence-corrected chi connectivity index (χ3v) is 9.99. The van der Waals surface area contributed by atoms with Crippen molar-refractivity contribution in [1.82, 2.24) is 4.98 Å². The Labute approximate surface area is 288 Å². The summed E-state index contributed by atoms with van der Waals surface area (Å²) >= 11 is 4.64. The van der Waals surface area contributed by atoms with Gasteiger partial charge >= 0.3 is 0 Å². The fraction of sp³-hybridized carbons (Fsp3) is 0.353. The molecular formula is C34H43N5O6S3. The van der Waals surface area contributed by atoms with E-state index in [1.165, 1.54) is 5.49 Å². The second kappa shape index (κ2) is 13.8. The van der Waals surface area contributed by atoms with Crippen LogP contribution in [0.15, 0.2) is 59.1 Å². The van der Waals surface area contributed by atoms with Crippen molar-refractivity contribution in [3.8, 4) is 17.1 Å². The summed E-state index contributed by atoms with van der Waals surface area (Å²) in [6, 6.07) is 14.7. The zero-order chi connectivity index (χ0) is 35.7. The van der Waals surface area contributed by atoms with Gasteiger partial charge in [0, 0.05) is 28.1 Å². The van der Waals surface area contributed by atoms with Crippen molar-refractivity contribution in [2.75, 3.05) is 20.1 Å². The molecule has 0 saturated heterocycles. The van der Waals surface area contributed by atoms with Gasteiger partial charge in [0.2, 0.25) is 20.0 Å². The predicted molar refractivity (Wildman–Crippen MR) is 198 cm³/mol. The number of aromatic hydroxyl groups is 1. The predicted octanol–water partition coefficient (Wildman–Crippen LogP) is 7.98. The lowest BCUT2D eigenvalue weighted by atomic mass is 9.78. The van der Waals surface area contributed by atoms with Crippen LogP contribution in [0.1, 0.15) is 77.6 Å². The molecule has 0 aliphatic carbocycles. The van der Waals surface area contributed by atoms with Crippen molar-refractivity contribution >= 4 is 66.5 Å². The van der Waals surface area contributed by atoms with E-state index in [9.17, 15) is 21.9 Å². The first-order chi connectivity index (χ1) is 22.3. The summed E-state index contributed by atoms with van der Waals surface area (Å²) in [5.41, 5.74) is 7.62. The number of phenolic OH excluding ortho intramolecular Hbond substituents is 1. The molecule has 0 atom stereocenters. The lowest BCUT2D eigenvalue weighted by molar-refractivity contribution is 0.423. The van der Waals surface area contributed by atoms with Crippen LogP contribution in [0, 0.1) is 0 Å². The van der Waals surface area contributed by atoms with E-state index in [2.05, 4.69) is 78.8 Å². The number of nitrogens with zero attached hydrogens (tertiary/aromatic N) is 1. The van der Waals surface area contributed by atoms with Crippen molar-refractivity contribution in [2.24, 2.45) is 0 Å². The van der Waals surface area contributed by atoms with Crippen LogP contribution in [0.3, 0.4) is 0 Å². The number of aromatic nitrogens is 1. The summed E-state index contributed by atoms with van der Waals surface area (Å²) in [5.74, 6) is 0.880. The minimum absolute atomic E-state index is 0.0370. The van der Waals surface area contributed by atoms with Crippen LogP contribution in [-0.2, 0) is 42.4 Å². The summed E-state index contributed by atoms with van der Waals surface area (Å²) in [7, 11) is -6.45. The van der Waals surface area contributed by atoms with Gasteiger partial charge in [-0.05, 0) is 70.5 Å². The van der Waals surface area contributed by atoms with E-state index in [0.717, 1.165) is 27.9 Å². The van der Waals surface area contributed by atoms with E-state index in [-0.39, 0.29) is 22.3 Å². The van der Waals surface area contributed by atoms with E-state index in [0.29, 0.717) is 40.2 Å². The number of oxazole rings is 1. The van der Waals surface area contributed by atoms with Crippen molar-refractivity contribution in [2.45, 2.75) is 77.7 Å². The maximum atomic E-state index is 11.8. The number of nitrogens with one attached hydrogen (secondary N) is 4. The Bertz CT molecular complexity index is 2010. The number of anilines is 5. The molecule has 0 saturated carbocycles. The van der Waals surface area contributed by atoms with Crippen LogP contribution in [0.5, 0.6) is 5.75 Å². The molecule has 3 heterocycles. The minimum atomic E-state index is -3.30. The van der Waals surface area contributed by atoms with Gasteiger partial charge in [0.05, 0.1) is 34.6 Å². The van der Waals surface area contributed by atoms with Crippen molar-refractivity contribution < 1.29 is 26.4 Å². The molecule has 0 amide bonds. The first kappa shape index (κ1) is 36.7. The Morgan fingerprint density at radius 1 is 0.812 bits per heavy atom. The summed E-state index contributed by atoms with van der Waals surface area (Å²) in [4.78, 5) is 4.34. The van der Waals surface area contributed by atoms with Crippen LogP contribution in [0.2, 0.25) is 0 Å². The highest BCUT2D eigenvalue weighted by Crippen LogP contribution is 2.42. The minimum Gasteiger partial charge on any atom is -0.507 e. The molecule has 2 aliphatic rings.